The first kappa shape index (κ1) is 13.0. The number of hydrogen-bond acceptors (Lipinski definition) is 7. The molecule has 9 heteroatoms. The first-order valence-corrected chi connectivity index (χ1v) is 5.60. The summed E-state index contributed by atoms with van der Waals surface area (Å²) in [6, 6.07) is -0.523. The molecule has 3 amide bonds. The number of rotatable bonds is 3. The van der Waals surface area contributed by atoms with Gasteiger partial charge in [0.15, 0.2) is 0 Å². The van der Waals surface area contributed by atoms with Crippen LogP contribution in [0.2, 0.25) is 0 Å². The Hall–Kier alpha value is -2.45. The summed E-state index contributed by atoms with van der Waals surface area (Å²) in [5.74, 6) is 0.621. The van der Waals surface area contributed by atoms with Crippen LogP contribution < -0.4 is 20.0 Å². The second kappa shape index (κ2) is 4.67. The van der Waals surface area contributed by atoms with E-state index in [4.69, 9.17) is 0 Å². The van der Waals surface area contributed by atoms with Gasteiger partial charge in [-0.2, -0.15) is 15.0 Å². The van der Waals surface area contributed by atoms with Gasteiger partial charge in [-0.15, -0.1) is 0 Å². The fourth-order valence-corrected chi connectivity index (χ4v) is 1.47. The molecular formula is C10H15N7O2. The van der Waals surface area contributed by atoms with Crippen LogP contribution in [0.25, 0.3) is 0 Å². The van der Waals surface area contributed by atoms with Crippen LogP contribution in [0, 0.1) is 0 Å². The van der Waals surface area contributed by atoms with E-state index in [1.165, 1.54) is 4.90 Å². The highest BCUT2D eigenvalue weighted by Crippen LogP contribution is 2.18. The van der Waals surface area contributed by atoms with Gasteiger partial charge >= 0.3 is 6.03 Å². The lowest BCUT2D eigenvalue weighted by atomic mass is 10.6. The molecule has 1 saturated heterocycles. The number of imide groups is 1. The number of amides is 3. The average molecular weight is 265 g/mol. The lowest BCUT2D eigenvalue weighted by molar-refractivity contribution is -0.117. The Balaban J connectivity index is 2.44. The Morgan fingerprint density at radius 3 is 1.89 bits per heavy atom. The molecule has 1 aliphatic heterocycles. The fraction of sp³-hybridized carbons (Fsp3) is 0.500. The maximum Gasteiger partial charge on any atom is 0.331 e. The third-order valence-electron chi connectivity index (χ3n) is 2.43. The van der Waals surface area contributed by atoms with Crippen molar-refractivity contribution in [1.82, 2.24) is 20.3 Å². The quantitative estimate of drug-likeness (QED) is 0.705. The lowest BCUT2D eigenvalue weighted by Crippen LogP contribution is -2.31. The van der Waals surface area contributed by atoms with Crippen LogP contribution in [-0.2, 0) is 4.79 Å². The molecule has 0 aliphatic carbocycles. The van der Waals surface area contributed by atoms with Gasteiger partial charge in [0, 0.05) is 28.2 Å². The van der Waals surface area contributed by atoms with Crippen LogP contribution in [0.3, 0.4) is 0 Å². The van der Waals surface area contributed by atoms with Gasteiger partial charge in [-0.25, -0.2) is 4.79 Å². The summed E-state index contributed by atoms with van der Waals surface area (Å²) in [5.41, 5.74) is 0. The van der Waals surface area contributed by atoms with Crippen LogP contribution in [0.15, 0.2) is 0 Å². The van der Waals surface area contributed by atoms with Crippen molar-refractivity contribution in [2.45, 2.75) is 0 Å². The fourth-order valence-electron chi connectivity index (χ4n) is 1.47. The molecular weight excluding hydrogens is 250 g/mol. The first-order chi connectivity index (χ1) is 8.88. The van der Waals surface area contributed by atoms with E-state index in [2.05, 4.69) is 20.3 Å². The van der Waals surface area contributed by atoms with E-state index < -0.39 is 6.03 Å². The van der Waals surface area contributed by atoms with E-state index in [0.717, 1.165) is 0 Å². The first-order valence-electron chi connectivity index (χ1n) is 5.60. The molecule has 1 aliphatic rings. The Morgan fingerprint density at radius 2 is 1.53 bits per heavy atom. The van der Waals surface area contributed by atoms with Crippen molar-refractivity contribution in [3.63, 3.8) is 0 Å². The molecule has 0 saturated carbocycles. The molecule has 1 fully saturated rings. The number of carbonyl (C=O) groups is 2. The Morgan fingerprint density at radius 1 is 1.00 bits per heavy atom. The van der Waals surface area contributed by atoms with Crippen molar-refractivity contribution in [3.05, 3.63) is 0 Å². The van der Waals surface area contributed by atoms with Crippen LogP contribution in [0.1, 0.15) is 0 Å². The van der Waals surface area contributed by atoms with E-state index >= 15 is 0 Å². The number of urea groups is 1. The SMILES string of the molecule is CN(C)c1nc(N(C)C)nc(N2CC(=O)NC2=O)n1. The highest BCUT2D eigenvalue weighted by Gasteiger charge is 2.31. The zero-order valence-electron chi connectivity index (χ0n) is 11.2. The zero-order chi connectivity index (χ0) is 14.2. The van der Waals surface area contributed by atoms with Gasteiger partial charge in [0.05, 0.1) is 0 Å². The Labute approximate surface area is 110 Å². The molecule has 19 heavy (non-hydrogen) atoms. The summed E-state index contributed by atoms with van der Waals surface area (Å²) in [7, 11) is 7.14. The largest absolute Gasteiger partial charge is 0.347 e. The predicted octanol–water partition coefficient (Wildman–Crippen LogP) is -0.940. The maximum atomic E-state index is 11.6. The van der Waals surface area contributed by atoms with Gasteiger partial charge in [-0.05, 0) is 0 Å². The van der Waals surface area contributed by atoms with Crippen molar-refractivity contribution in [2.75, 3.05) is 49.4 Å². The summed E-state index contributed by atoms with van der Waals surface area (Å²) in [4.78, 5) is 40.0. The predicted molar refractivity (Wildman–Crippen MR) is 69.4 cm³/mol. The molecule has 0 bridgehead atoms. The molecule has 1 aromatic heterocycles. The van der Waals surface area contributed by atoms with Gasteiger partial charge < -0.3 is 9.80 Å². The third-order valence-corrected chi connectivity index (χ3v) is 2.43. The molecule has 2 heterocycles. The van der Waals surface area contributed by atoms with Crippen LogP contribution in [-0.4, -0.2) is 61.6 Å². The number of hydrogen-bond donors (Lipinski definition) is 1. The molecule has 2 rings (SSSR count). The molecule has 102 valence electrons. The number of carbonyl (C=O) groups excluding carboxylic acids is 2. The summed E-state index contributed by atoms with van der Waals surface area (Å²) in [5, 5.41) is 2.18. The number of nitrogens with zero attached hydrogens (tertiary/aromatic N) is 6. The second-order valence-electron chi connectivity index (χ2n) is 4.46. The standard InChI is InChI=1S/C10H15N7O2/c1-15(2)7-12-8(16(3)4)14-9(13-7)17-5-6(18)11-10(17)19/h5H2,1-4H3,(H,11,18,19). The van der Waals surface area contributed by atoms with E-state index in [1.54, 1.807) is 38.0 Å². The minimum Gasteiger partial charge on any atom is -0.347 e. The third kappa shape index (κ3) is 2.54. The second-order valence-corrected chi connectivity index (χ2v) is 4.46. The number of nitrogens with one attached hydrogen (secondary N) is 1. The van der Waals surface area contributed by atoms with E-state index in [9.17, 15) is 9.59 Å². The molecule has 0 atom stereocenters. The minimum absolute atomic E-state index is 0.0808. The molecule has 1 N–H and O–H groups in total. The van der Waals surface area contributed by atoms with E-state index in [-0.39, 0.29) is 18.4 Å². The molecule has 0 radical (unpaired) electrons. The summed E-state index contributed by atoms with van der Waals surface area (Å²) >= 11 is 0. The van der Waals surface area contributed by atoms with Crippen molar-refractivity contribution < 1.29 is 9.59 Å². The van der Waals surface area contributed by atoms with Crippen molar-refractivity contribution in [1.29, 1.82) is 0 Å². The van der Waals surface area contributed by atoms with Gasteiger partial charge in [0.2, 0.25) is 23.8 Å². The summed E-state index contributed by atoms with van der Waals surface area (Å²) < 4.78 is 0. The van der Waals surface area contributed by atoms with Gasteiger partial charge in [0.25, 0.3) is 0 Å². The van der Waals surface area contributed by atoms with E-state index in [0.29, 0.717) is 11.9 Å². The normalized spacial score (nSPS) is 14.6. The van der Waals surface area contributed by atoms with Gasteiger partial charge in [-0.3, -0.25) is 15.0 Å². The Kier molecular flexibility index (Phi) is 3.19. The average Bonchev–Trinajstić information content (AvgIpc) is 2.67. The smallest absolute Gasteiger partial charge is 0.331 e. The van der Waals surface area contributed by atoms with Crippen LogP contribution in [0.4, 0.5) is 22.6 Å². The van der Waals surface area contributed by atoms with Crippen molar-refractivity contribution in [2.24, 2.45) is 0 Å². The molecule has 0 unspecified atom stereocenters. The topological polar surface area (TPSA) is 94.6 Å². The maximum absolute atomic E-state index is 11.6. The lowest BCUT2D eigenvalue weighted by Gasteiger charge is -2.18. The zero-order valence-corrected chi connectivity index (χ0v) is 11.2. The van der Waals surface area contributed by atoms with Crippen LogP contribution >= 0.6 is 0 Å². The highest BCUT2D eigenvalue weighted by atomic mass is 16.2. The Bertz CT molecular complexity index is 502. The monoisotopic (exact) mass is 265 g/mol. The van der Waals surface area contributed by atoms with Gasteiger partial charge in [-0.1, -0.05) is 0 Å². The molecule has 0 spiro atoms. The van der Waals surface area contributed by atoms with Crippen molar-refractivity contribution >= 4 is 29.8 Å². The molecule has 1 aromatic rings. The molecule has 0 aromatic carbocycles. The van der Waals surface area contributed by atoms with Crippen molar-refractivity contribution in [3.8, 4) is 0 Å². The minimum atomic E-state index is -0.523. The summed E-state index contributed by atoms with van der Waals surface area (Å²) in [6.07, 6.45) is 0. The van der Waals surface area contributed by atoms with Crippen LogP contribution in [0.5, 0.6) is 0 Å². The number of aromatic nitrogens is 3. The van der Waals surface area contributed by atoms with E-state index in [1.807, 2.05) is 0 Å². The van der Waals surface area contributed by atoms with Gasteiger partial charge in [0.1, 0.15) is 6.54 Å². The summed E-state index contributed by atoms with van der Waals surface area (Å²) in [6.45, 7) is -0.0808. The molecule has 9 nitrogen and oxygen atoms in total. The highest BCUT2D eigenvalue weighted by molar-refractivity contribution is 6.11. The number of anilines is 3.